The summed E-state index contributed by atoms with van der Waals surface area (Å²) in [7, 11) is 2.17. The SMILES string of the molecule is Cc1sc(CN2CCN(C)CC2CN)cc1Br. The van der Waals surface area contributed by atoms with Gasteiger partial charge in [0.15, 0.2) is 0 Å². The van der Waals surface area contributed by atoms with Gasteiger partial charge in [-0.3, -0.25) is 4.90 Å². The van der Waals surface area contributed by atoms with E-state index in [1.165, 1.54) is 14.2 Å². The molecule has 0 aromatic carbocycles. The van der Waals surface area contributed by atoms with Crippen LogP contribution >= 0.6 is 27.3 Å². The van der Waals surface area contributed by atoms with Crippen molar-refractivity contribution in [1.82, 2.24) is 9.80 Å². The minimum atomic E-state index is 0.495. The fourth-order valence-corrected chi connectivity index (χ4v) is 3.90. The van der Waals surface area contributed by atoms with Crippen molar-refractivity contribution in [2.45, 2.75) is 19.5 Å². The number of thiophene rings is 1. The number of nitrogens with zero attached hydrogens (tertiary/aromatic N) is 2. The van der Waals surface area contributed by atoms with Crippen molar-refractivity contribution in [2.75, 3.05) is 33.2 Å². The molecule has 1 aromatic rings. The molecule has 2 heterocycles. The van der Waals surface area contributed by atoms with Crippen LogP contribution in [0.2, 0.25) is 0 Å². The molecule has 0 bridgehead atoms. The average Bonchev–Trinajstić information content (AvgIpc) is 2.60. The maximum Gasteiger partial charge on any atom is 0.0349 e. The maximum absolute atomic E-state index is 5.87. The highest BCUT2D eigenvalue weighted by atomic mass is 79.9. The molecule has 0 aliphatic carbocycles. The van der Waals surface area contributed by atoms with Crippen LogP contribution in [-0.4, -0.2) is 49.1 Å². The van der Waals surface area contributed by atoms with Crippen LogP contribution in [0.5, 0.6) is 0 Å². The van der Waals surface area contributed by atoms with Crippen LogP contribution in [0.15, 0.2) is 10.5 Å². The summed E-state index contributed by atoms with van der Waals surface area (Å²) in [6, 6.07) is 2.74. The van der Waals surface area contributed by atoms with Crippen molar-refractivity contribution in [3.63, 3.8) is 0 Å². The maximum atomic E-state index is 5.87. The van der Waals surface area contributed by atoms with Gasteiger partial charge < -0.3 is 10.6 Å². The largest absolute Gasteiger partial charge is 0.329 e. The lowest BCUT2D eigenvalue weighted by atomic mass is 10.1. The molecule has 0 spiro atoms. The van der Waals surface area contributed by atoms with Crippen LogP contribution in [0.1, 0.15) is 9.75 Å². The van der Waals surface area contributed by atoms with E-state index in [2.05, 4.69) is 45.8 Å². The first-order valence-electron chi connectivity index (χ1n) is 5.97. The highest BCUT2D eigenvalue weighted by molar-refractivity contribution is 9.10. The molecule has 1 fully saturated rings. The Bertz CT molecular complexity index is 360. The first-order valence-corrected chi connectivity index (χ1v) is 7.58. The lowest BCUT2D eigenvalue weighted by Crippen LogP contribution is -2.54. The smallest absolute Gasteiger partial charge is 0.0349 e. The lowest BCUT2D eigenvalue weighted by Gasteiger charge is -2.39. The standard InChI is InChI=1S/C12H20BrN3S/c1-9-12(13)5-11(17-9)8-16-4-3-15(2)7-10(16)6-14/h5,10H,3-4,6-8,14H2,1-2H3. The van der Waals surface area contributed by atoms with Gasteiger partial charge in [-0.05, 0) is 36.0 Å². The number of likely N-dealkylation sites (N-methyl/N-ethyl adjacent to an activating group) is 1. The van der Waals surface area contributed by atoms with Gasteiger partial charge in [0.25, 0.3) is 0 Å². The molecule has 3 nitrogen and oxygen atoms in total. The molecular weight excluding hydrogens is 298 g/mol. The van der Waals surface area contributed by atoms with Crippen LogP contribution in [-0.2, 0) is 6.54 Å². The topological polar surface area (TPSA) is 32.5 Å². The lowest BCUT2D eigenvalue weighted by molar-refractivity contribution is 0.0890. The van der Waals surface area contributed by atoms with Crippen molar-refractivity contribution in [2.24, 2.45) is 5.73 Å². The molecule has 1 aliphatic heterocycles. The number of piperazine rings is 1. The Morgan fingerprint density at radius 3 is 2.88 bits per heavy atom. The molecule has 0 radical (unpaired) electrons. The summed E-state index contributed by atoms with van der Waals surface area (Å²) >= 11 is 5.46. The Kier molecular flexibility index (Phi) is 4.60. The summed E-state index contributed by atoms with van der Waals surface area (Å²) in [5, 5.41) is 0. The van der Waals surface area contributed by atoms with Crippen LogP contribution in [0.3, 0.4) is 0 Å². The molecule has 2 rings (SSSR count). The normalized spacial score (nSPS) is 23.2. The molecule has 1 aliphatic rings. The van der Waals surface area contributed by atoms with Crippen LogP contribution in [0.25, 0.3) is 0 Å². The number of rotatable bonds is 3. The van der Waals surface area contributed by atoms with E-state index in [4.69, 9.17) is 5.73 Å². The minimum absolute atomic E-state index is 0.495. The van der Waals surface area contributed by atoms with Crippen molar-refractivity contribution < 1.29 is 0 Å². The van der Waals surface area contributed by atoms with E-state index < -0.39 is 0 Å². The third-order valence-electron chi connectivity index (χ3n) is 3.35. The van der Waals surface area contributed by atoms with Gasteiger partial charge in [0.2, 0.25) is 0 Å². The van der Waals surface area contributed by atoms with Gasteiger partial charge in [-0.2, -0.15) is 0 Å². The summed E-state index contributed by atoms with van der Waals surface area (Å²) in [4.78, 5) is 7.66. The molecule has 5 heteroatoms. The monoisotopic (exact) mass is 317 g/mol. The van der Waals surface area contributed by atoms with E-state index in [1.54, 1.807) is 0 Å². The Morgan fingerprint density at radius 2 is 2.29 bits per heavy atom. The van der Waals surface area contributed by atoms with E-state index >= 15 is 0 Å². The van der Waals surface area contributed by atoms with Crippen molar-refractivity contribution in [1.29, 1.82) is 0 Å². The summed E-state index contributed by atoms with van der Waals surface area (Å²) in [5.74, 6) is 0. The van der Waals surface area contributed by atoms with Gasteiger partial charge in [0, 0.05) is 53.0 Å². The second-order valence-corrected chi connectivity index (χ2v) is 6.93. The van der Waals surface area contributed by atoms with Crippen LogP contribution in [0, 0.1) is 6.92 Å². The number of halogens is 1. The molecule has 1 atom stereocenters. The summed E-state index contributed by atoms with van der Waals surface area (Å²) in [6.45, 7) is 7.28. The third kappa shape index (κ3) is 3.29. The summed E-state index contributed by atoms with van der Waals surface area (Å²) in [6.07, 6.45) is 0. The Balaban J connectivity index is 2.02. The van der Waals surface area contributed by atoms with Gasteiger partial charge in [-0.25, -0.2) is 0 Å². The third-order valence-corrected chi connectivity index (χ3v) is 5.47. The Morgan fingerprint density at radius 1 is 1.53 bits per heavy atom. The Hall–Kier alpha value is 0.0600. The highest BCUT2D eigenvalue weighted by Crippen LogP contribution is 2.28. The van der Waals surface area contributed by atoms with Gasteiger partial charge in [-0.1, -0.05) is 0 Å². The predicted octanol–water partition coefficient (Wildman–Crippen LogP) is 1.89. The molecule has 2 N–H and O–H groups in total. The van der Waals surface area contributed by atoms with Crippen molar-refractivity contribution >= 4 is 27.3 Å². The minimum Gasteiger partial charge on any atom is -0.329 e. The van der Waals surface area contributed by atoms with E-state index in [9.17, 15) is 0 Å². The van der Waals surface area contributed by atoms with Gasteiger partial charge in [0.05, 0.1) is 0 Å². The van der Waals surface area contributed by atoms with Crippen LogP contribution in [0.4, 0.5) is 0 Å². The summed E-state index contributed by atoms with van der Waals surface area (Å²) in [5.41, 5.74) is 5.87. The van der Waals surface area contributed by atoms with Gasteiger partial charge in [0.1, 0.15) is 0 Å². The van der Waals surface area contributed by atoms with E-state index in [-0.39, 0.29) is 0 Å². The predicted molar refractivity (Wildman–Crippen MR) is 77.5 cm³/mol. The van der Waals surface area contributed by atoms with Gasteiger partial charge in [-0.15, -0.1) is 11.3 Å². The van der Waals surface area contributed by atoms with E-state index in [0.717, 1.165) is 32.7 Å². The number of hydrogen-bond donors (Lipinski definition) is 1. The quantitative estimate of drug-likeness (QED) is 0.924. The second kappa shape index (κ2) is 5.80. The molecular formula is C12H20BrN3S. The van der Waals surface area contributed by atoms with Crippen LogP contribution < -0.4 is 5.73 Å². The first-order chi connectivity index (χ1) is 8.10. The van der Waals surface area contributed by atoms with Crippen molar-refractivity contribution in [3.05, 3.63) is 20.3 Å². The zero-order chi connectivity index (χ0) is 12.4. The molecule has 0 saturated carbocycles. The fraction of sp³-hybridized carbons (Fsp3) is 0.667. The fourth-order valence-electron chi connectivity index (χ4n) is 2.28. The van der Waals surface area contributed by atoms with Gasteiger partial charge >= 0.3 is 0 Å². The highest BCUT2D eigenvalue weighted by Gasteiger charge is 2.24. The van der Waals surface area contributed by atoms with E-state index in [0.29, 0.717) is 6.04 Å². The Labute approximate surface area is 116 Å². The molecule has 1 aromatic heterocycles. The van der Waals surface area contributed by atoms with E-state index in [1.807, 2.05) is 11.3 Å². The number of hydrogen-bond acceptors (Lipinski definition) is 4. The first kappa shape index (κ1) is 13.5. The second-order valence-electron chi connectivity index (χ2n) is 4.74. The molecule has 1 unspecified atom stereocenters. The average molecular weight is 318 g/mol. The molecule has 96 valence electrons. The van der Waals surface area contributed by atoms with Crippen molar-refractivity contribution in [3.8, 4) is 0 Å². The number of nitrogens with two attached hydrogens (primary N) is 1. The zero-order valence-electron chi connectivity index (χ0n) is 10.4. The molecule has 0 amide bonds. The zero-order valence-corrected chi connectivity index (χ0v) is 12.9. The molecule has 1 saturated heterocycles. The number of aryl methyl sites for hydroxylation is 1. The summed E-state index contributed by atoms with van der Waals surface area (Å²) < 4.78 is 1.23. The molecule has 17 heavy (non-hydrogen) atoms.